The summed E-state index contributed by atoms with van der Waals surface area (Å²) in [7, 11) is 0. The van der Waals surface area contributed by atoms with Crippen LogP contribution in [0.5, 0.6) is 0 Å². The van der Waals surface area contributed by atoms with Gasteiger partial charge in [0.05, 0.1) is 5.01 Å². The first-order chi connectivity index (χ1) is 7.83. The highest BCUT2D eigenvalue weighted by molar-refractivity contribution is 7.99. The van der Waals surface area contributed by atoms with Crippen LogP contribution in [0.4, 0.5) is 0 Å². The molecule has 0 saturated heterocycles. The monoisotopic (exact) mass is 258 g/mol. The van der Waals surface area contributed by atoms with E-state index in [-0.39, 0.29) is 0 Å². The van der Waals surface area contributed by atoms with Gasteiger partial charge in [-0.3, -0.25) is 0 Å². The predicted octanol–water partition coefficient (Wildman–Crippen LogP) is 3.12. The highest BCUT2D eigenvalue weighted by atomic mass is 32.2. The van der Waals surface area contributed by atoms with Crippen molar-refractivity contribution in [2.45, 2.75) is 33.1 Å². The maximum Gasteiger partial charge on any atom is 0.0928 e. The first-order valence-corrected chi connectivity index (χ1v) is 8.06. The van der Waals surface area contributed by atoms with Crippen molar-refractivity contribution in [1.29, 1.82) is 0 Å². The summed E-state index contributed by atoms with van der Waals surface area (Å²) in [5, 5.41) is 6.89. The van der Waals surface area contributed by atoms with E-state index in [0.29, 0.717) is 0 Å². The maximum atomic E-state index is 4.46. The van der Waals surface area contributed by atoms with E-state index in [0.717, 1.165) is 25.2 Å². The van der Waals surface area contributed by atoms with E-state index in [2.05, 4.69) is 29.5 Å². The minimum absolute atomic E-state index is 1.12. The predicted molar refractivity (Wildman–Crippen MR) is 75.7 cm³/mol. The summed E-state index contributed by atoms with van der Waals surface area (Å²) >= 11 is 3.81. The lowest BCUT2D eigenvalue weighted by Crippen LogP contribution is -2.17. The molecule has 4 heteroatoms. The van der Waals surface area contributed by atoms with Crippen LogP contribution in [0.3, 0.4) is 0 Å². The second kappa shape index (κ2) is 9.02. The number of hydrogen-bond acceptors (Lipinski definition) is 4. The lowest BCUT2D eigenvalue weighted by Gasteiger charge is -2.03. The Bertz CT molecular complexity index is 274. The highest BCUT2D eigenvalue weighted by Crippen LogP contribution is 2.10. The van der Waals surface area contributed by atoms with Crippen LogP contribution in [0.15, 0.2) is 5.38 Å². The molecule has 1 rings (SSSR count). The summed E-state index contributed by atoms with van der Waals surface area (Å²) in [6, 6.07) is 0. The molecule has 0 spiro atoms. The van der Waals surface area contributed by atoms with Gasteiger partial charge in [0.1, 0.15) is 0 Å². The van der Waals surface area contributed by atoms with E-state index in [4.69, 9.17) is 0 Å². The maximum absolute atomic E-state index is 4.46. The van der Waals surface area contributed by atoms with Crippen LogP contribution in [0.1, 0.15) is 30.5 Å². The molecule has 0 aliphatic carbocycles. The number of nitrogens with one attached hydrogen (secondary N) is 1. The smallest absolute Gasteiger partial charge is 0.0928 e. The number of aromatic nitrogens is 1. The van der Waals surface area contributed by atoms with Crippen LogP contribution in [-0.4, -0.2) is 29.6 Å². The Morgan fingerprint density at radius 3 is 2.88 bits per heavy atom. The van der Waals surface area contributed by atoms with Gasteiger partial charge in [0.25, 0.3) is 0 Å². The molecule has 0 aliphatic heterocycles. The number of aryl methyl sites for hydroxylation is 2. The third-order valence-corrected chi connectivity index (χ3v) is 4.27. The van der Waals surface area contributed by atoms with Crippen LogP contribution < -0.4 is 5.32 Å². The first kappa shape index (κ1) is 14.0. The molecule has 0 saturated carbocycles. The Labute approximate surface area is 107 Å². The van der Waals surface area contributed by atoms with Gasteiger partial charge in [0.2, 0.25) is 0 Å². The van der Waals surface area contributed by atoms with Gasteiger partial charge < -0.3 is 5.32 Å². The second-order valence-corrected chi connectivity index (χ2v) is 6.12. The molecule has 16 heavy (non-hydrogen) atoms. The summed E-state index contributed by atoms with van der Waals surface area (Å²) in [6.45, 7) is 6.55. The molecular weight excluding hydrogens is 236 g/mol. The highest BCUT2D eigenvalue weighted by Gasteiger charge is 1.97. The molecule has 0 aliphatic rings. The molecule has 0 unspecified atom stereocenters. The first-order valence-electron chi connectivity index (χ1n) is 6.02. The van der Waals surface area contributed by atoms with Crippen molar-refractivity contribution in [1.82, 2.24) is 10.3 Å². The van der Waals surface area contributed by atoms with Gasteiger partial charge in [-0.15, -0.1) is 11.3 Å². The number of rotatable bonds is 9. The summed E-state index contributed by atoms with van der Waals surface area (Å²) in [6.07, 6.45) is 3.61. The SMILES string of the molecule is CCSCCCNCCCc1nc(C)cs1. The molecule has 0 atom stereocenters. The molecule has 0 fully saturated rings. The molecule has 92 valence electrons. The van der Waals surface area contributed by atoms with E-state index in [1.54, 1.807) is 11.3 Å². The zero-order valence-corrected chi connectivity index (χ0v) is 11.9. The summed E-state index contributed by atoms with van der Waals surface area (Å²) in [5.41, 5.74) is 1.16. The van der Waals surface area contributed by atoms with Crippen molar-refractivity contribution in [2.24, 2.45) is 0 Å². The van der Waals surface area contributed by atoms with Crippen molar-refractivity contribution in [2.75, 3.05) is 24.6 Å². The lowest BCUT2D eigenvalue weighted by molar-refractivity contribution is 0.641. The third-order valence-electron chi connectivity index (χ3n) is 2.26. The fraction of sp³-hybridized carbons (Fsp3) is 0.750. The van der Waals surface area contributed by atoms with Crippen molar-refractivity contribution < 1.29 is 0 Å². The van der Waals surface area contributed by atoms with Crippen molar-refractivity contribution in [3.63, 3.8) is 0 Å². The van der Waals surface area contributed by atoms with Crippen LogP contribution >= 0.6 is 23.1 Å². The summed E-state index contributed by atoms with van der Waals surface area (Å²) in [5.74, 6) is 2.53. The van der Waals surface area contributed by atoms with Gasteiger partial charge in [-0.1, -0.05) is 6.92 Å². The van der Waals surface area contributed by atoms with Gasteiger partial charge in [0, 0.05) is 17.5 Å². The third kappa shape index (κ3) is 6.51. The Morgan fingerprint density at radius 1 is 1.38 bits per heavy atom. The largest absolute Gasteiger partial charge is 0.317 e. The number of hydrogen-bond donors (Lipinski definition) is 1. The van der Waals surface area contributed by atoms with Gasteiger partial charge in [-0.25, -0.2) is 4.98 Å². The van der Waals surface area contributed by atoms with Gasteiger partial charge >= 0.3 is 0 Å². The fourth-order valence-corrected chi connectivity index (χ4v) is 2.91. The molecule has 0 amide bonds. The van der Waals surface area contributed by atoms with Crippen molar-refractivity contribution >= 4 is 23.1 Å². The Morgan fingerprint density at radius 2 is 2.19 bits per heavy atom. The quantitative estimate of drug-likeness (QED) is 0.689. The molecule has 1 aromatic rings. The average molecular weight is 258 g/mol. The standard InChI is InChI=1S/C12H22N2S2/c1-3-15-9-5-8-13-7-4-6-12-14-11(2)10-16-12/h10,13H,3-9H2,1-2H3. The van der Waals surface area contributed by atoms with E-state index >= 15 is 0 Å². The molecule has 0 bridgehead atoms. The average Bonchev–Trinajstić information content (AvgIpc) is 2.68. The van der Waals surface area contributed by atoms with Crippen LogP contribution in [0.2, 0.25) is 0 Å². The second-order valence-electron chi connectivity index (χ2n) is 3.79. The van der Waals surface area contributed by atoms with E-state index in [1.165, 1.54) is 29.4 Å². The topological polar surface area (TPSA) is 24.9 Å². The van der Waals surface area contributed by atoms with Crippen LogP contribution in [0, 0.1) is 6.92 Å². The van der Waals surface area contributed by atoms with Crippen LogP contribution in [-0.2, 0) is 6.42 Å². The van der Waals surface area contributed by atoms with Gasteiger partial charge in [0.15, 0.2) is 0 Å². The van der Waals surface area contributed by atoms with Gasteiger partial charge in [-0.2, -0.15) is 11.8 Å². The molecule has 0 aromatic carbocycles. The van der Waals surface area contributed by atoms with Crippen molar-refractivity contribution in [3.05, 3.63) is 16.1 Å². The molecule has 2 nitrogen and oxygen atoms in total. The molecule has 1 N–H and O–H groups in total. The molecule has 1 heterocycles. The zero-order valence-electron chi connectivity index (χ0n) is 10.3. The molecule has 1 aromatic heterocycles. The van der Waals surface area contributed by atoms with E-state index in [1.807, 2.05) is 11.8 Å². The lowest BCUT2D eigenvalue weighted by atomic mass is 10.3. The Kier molecular flexibility index (Phi) is 7.89. The number of thioether (sulfide) groups is 1. The zero-order chi connectivity index (χ0) is 11.6. The fourth-order valence-electron chi connectivity index (χ4n) is 1.45. The van der Waals surface area contributed by atoms with Crippen LogP contribution in [0.25, 0.3) is 0 Å². The van der Waals surface area contributed by atoms with E-state index < -0.39 is 0 Å². The normalized spacial score (nSPS) is 10.9. The Hall–Kier alpha value is -0.0600. The summed E-state index contributed by atoms with van der Waals surface area (Å²) in [4.78, 5) is 4.46. The minimum Gasteiger partial charge on any atom is -0.317 e. The minimum atomic E-state index is 1.12. The van der Waals surface area contributed by atoms with Crippen molar-refractivity contribution in [3.8, 4) is 0 Å². The molecule has 0 radical (unpaired) electrons. The number of thiazole rings is 1. The number of nitrogens with zero attached hydrogens (tertiary/aromatic N) is 1. The molecular formula is C12H22N2S2. The Balaban J connectivity index is 1.88. The summed E-state index contributed by atoms with van der Waals surface area (Å²) < 4.78 is 0. The van der Waals surface area contributed by atoms with E-state index in [9.17, 15) is 0 Å². The van der Waals surface area contributed by atoms with Gasteiger partial charge in [-0.05, 0) is 44.4 Å².